The molecule has 0 aromatic carbocycles. The molecular weight excluding hydrogens is 295 g/mol. The Kier molecular flexibility index (Phi) is 8.84. The molecule has 80 valence electrons. The van der Waals surface area contributed by atoms with Gasteiger partial charge in [0.1, 0.15) is 6.10 Å². The van der Waals surface area contributed by atoms with E-state index < -0.39 is 6.16 Å². The molecule has 0 aliphatic heterocycles. The maximum Gasteiger partial charge on any atom is 0.509 e. The minimum absolute atomic E-state index is 0.0741. The van der Waals surface area contributed by atoms with Crippen molar-refractivity contribution in [1.29, 1.82) is 0 Å². The molecule has 0 spiro atoms. The highest BCUT2D eigenvalue weighted by Gasteiger charge is 2.08. The van der Waals surface area contributed by atoms with Crippen LogP contribution in [0.25, 0.3) is 0 Å². The van der Waals surface area contributed by atoms with Gasteiger partial charge < -0.3 is 9.47 Å². The zero-order valence-electron chi connectivity index (χ0n) is 8.51. The number of ether oxygens (including phenoxy) is 2. The Morgan fingerprint density at radius 1 is 1.57 bits per heavy atom. The highest BCUT2D eigenvalue weighted by molar-refractivity contribution is 14.1. The minimum atomic E-state index is -0.632. The molecule has 0 bridgehead atoms. The lowest BCUT2D eigenvalue weighted by Crippen LogP contribution is -2.16. The zero-order chi connectivity index (χ0) is 10.8. The molecule has 1 atom stereocenters. The molecule has 0 radical (unpaired) electrons. The van der Waals surface area contributed by atoms with Crippen LogP contribution in [0.4, 0.5) is 4.79 Å². The molecule has 0 aliphatic rings. The second-order valence-corrected chi connectivity index (χ2v) is 3.42. The number of carbonyl (C=O) groups excluding carboxylic acids is 1. The maximum absolute atomic E-state index is 11.0. The summed E-state index contributed by atoms with van der Waals surface area (Å²) in [5.74, 6) is 2.61. The predicted molar refractivity (Wildman–Crippen MR) is 63.2 cm³/mol. The van der Waals surface area contributed by atoms with Gasteiger partial charge in [-0.15, -0.1) is 0 Å². The standard InChI is InChI=1S/C10H15IO3/c1-3-4-6-9(2)14-10(12)13-8-5-7-11/h9H,3-4,6,8H2,1-2H3. The Morgan fingerprint density at radius 2 is 2.29 bits per heavy atom. The van der Waals surface area contributed by atoms with Gasteiger partial charge in [0.15, 0.2) is 6.61 Å². The lowest BCUT2D eigenvalue weighted by atomic mass is 10.2. The van der Waals surface area contributed by atoms with Gasteiger partial charge in [0, 0.05) is 22.6 Å². The molecule has 0 aromatic rings. The quantitative estimate of drug-likeness (QED) is 0.445. The van der Waals surface area contributed by atoms with Gasteiger partial charge in [0.25, 0.3) is 0 Å². The summed E-state index contributed by atoms with van der Waals surface area (Å²) in [6, 6.07) is 0. The molecular formula is C10H15IO3. The van der Waals surface area contributed by atoms with Gasteiger partial charge in [-0.25, -0.2) is 4.79 Å². The predicted octanol–water partition coefficient (Wildman–Crippen LogP) is 3.11. The van der Waals surface area contributed by atoms with E-state index in [1.165, 1.54) is 0 Å². The van der Waals surface area contributed by atoms with Crippen LogP contribution in [-0.2, 0) is 9.47 Å². The van der Waals surface area contributed by atoms with Crippen molar-refractivity contribution >= 4 is 28.7 Å². The molecule has 0 fully saturated rings. The van der Waals surface area contributed by atoms with Crippen molar-refractivity contribution in [3.63, 3.8) is 0 Å². The third-order valence-electron chi connectivity index (χ3n) is 1.59. The molecule has 0 aromatic heterocycles. The number of rotatable bonds is 5. The first kappa shape index (κ1) is 13.6. The third-order valence-corrected chi connectivity index (χ3v) is 1.97. The van der Waals surface area contributed by atoms with Crippen LogP contribution in [0, 0.1) is 9.85 Å². The van der Waals surface area contributed by atoms with E-state index in [1.807, 2.05) is 29.5 Å². The highest BCUT2D eigenvalue weighted by Crippen LogP contribution is 2.04. The van der Waals surface area contributed by atoms with Gasteiger partial charge in [0.05, 0.1) is 0 Å². The summed E-state index contributed by atoms with van der Waals surface area (Å²) in [6.07, 6.45) is 2.33. The molecule has 0 heterocycles. The summed E-state index contributed by atoms with van der Waals surface area (Å²) in [6.45, 7) is 4.06. The Labute approximate surface area is 98.7 Å². The first-order valence-corrected chi connectivity index (χ1v) is 5.70. The Bertz CT molecular complexity index is 217. The number of unbranched alkanes of at least 4 members (excludes halogenated alkanes) is 1. The van der Waals surface area contributed by atoms with Crippen molar-refractivity contribution in [3.8, 4) is 9.85 Å². The van der Waals surface area contributed by atoms with Gasteiger partial charge in [-0.2, -0.15) is 0 Å². The van der Waals surface area contributed by atoms with E-state index in [2.05, 4.69) is 16.8 Å². The first-order chi connectivity index (χ1) is 6.70. The van der Waals surface area contributed by atoms with Gasteiger partial charge in [-0.1, -0.05) is 25.7 Å². The molecule has 1 unspecified atom stereocenters. The van der Waals surface area contributed by atoms with E-state index in [-0.39, 0.29) is 12.7 Å². The molecule has 0 rings (SSSR count). The van der Waals surface area contributed by atoms with E-state index in [9.17, 15) is 4.79 Å². The van der Waals surface area contributed by atoms with E-state index in [0.717, 1.165) is 19.3 Å². The molecule has 0 saturated heterocycles. The second-order valence-electron chi connectivity index (χ2n) is 2.88. The third kappa shape index (κ3) is 8.17. The van der Waals surface area contributed by atoms with Crippen molar-refractivity contribution < 1.29 is 14.3 Å². The molecule has 0 aliphatic carbocycles. The Morgan fingerprint density at radius 3 is 2.86 bits per heavy atom. The van der Waals surface area contributed by atoms with Gasteiger partial charge >= 0.3 is 6.16 Å². The van der Waals surface area contributed by atoms with Crippen molar-refractivity contribution in [1.82, 2.24) is 0 Å². The average Bonchev–Trinajstić information content (AvgIpc) is 2.15. The fourth-order valence-corrected chi connectivity index (χ4v) is 1.03. The monoisotopic (exact) mass is 310 g/mol. The van der Waals surface area contributed by atoms with Crippen molar-refractivity contribution in [2.75, 3.05) is 6.61 Å². The zero-order valence-corrected chi connectivity index (χ0v) is 10.7. The summed E-state index contributed by atoms with van der Waals surface area (Å²) >= 11 is 1.88. The van der Waals surface area contributed by atoms with Crippen LogP contribution in [0.3, 0.4) is 0 Å². The second kappa shape index (κ2) is 9.13. The largest absolute Gasteiger partial charge is 0.509 e. The van der Waals surface area contributed by atoms with Gasteiger partial charge in [-0.05, 0) is 17.3 Å². The molecule has 4 heteroatoms. The van der Waals surface area contributed by atoms with E-state index in [4.69, 9.17) is 9.47 Å². The number of hydrogen-bond donors (Lipinski definition) is 0. The SMILES string of the molecule is CCCCC(C)OC(=O)OCC#CI. The summed E-state index contributed by atoms with van der Waals surface area (Å²) in [5.41, 5.74) is 0. The minimum Gasteiger partial charge on any atom is -0.431 e. The molecule has 3 nitrogen and oxygen atoms in total. The molecule has 0 amide bonds. The molecule has 14 heavy (non-hydrogen) atoms. The van der Waals surface area contributed by atoms with Crippen LogP contribution in [0.1, 0.15) is 33.1 Å². The van der Waals surface area contributed by atoms with Crippen molar-refractivity contribution in [2.45, 2.75) is 39.2 Å². The summed E-state index contributed by atoms with van der Waals surface area (Å²) in [7, 11) is 0. The smallest absolute Gasteiger partial charge is 0.431 e. The van der Waals surface area contributed by atoms with Crippen LogP contribution in [0.2, 0.25) is 0 Å². The van der Waals surface area contributed by atoms with Crippen LogP contribution in [0.5, 0.6) is 0 Å². The van der Waals surface area contributed by atoms with Crippen LogP contribution < -0.4 is 0 Å². The highest BCUT2D eigenvalue weighted by atomic mass is 127. The van der Waals surface area contributed by atoms with E-state index >= 15 is 0 Å². The number of hydrogen-bond acceptors (Lipinski definition) is 3. The van der Waals surface area contributed by atoms with Crippen molar-refractivity contribution in [2.24, 2.45) is 0 Å². The topological polar surface area (TPSA) is 35.5 Å². The van der Waals surface area contributed by atoms with E-state index in [1.54, 1.807) is 0 Å². The molecule has 0 saturated carbocycles. The average molecular weight is 310 g/mol. The maximum atomic E-state index is 11.0. The first-order valence-electron chi connectivity index (χ1n) is 4.62. The lowest BCUT2D eigenvalue weighted by molar-refractivity contribution is 0.0334. The number of halogens is 1. The lowest BCUT2D eigenvalue weighted by Gasteiger charge is -2.11. The van der Waals surface area contributed by atoms with Crippen molar-refractivity contribution in [3.05, 3.63) is 0 Å². The number of carbonyl (C=O) groups is 1. The van der Waals surface area contributed by atoms with Crippen LogP contribution >= 0.6 is 22.6 Å². The Hall–Kier alpha value is -0.440. The fraction of sp³-hybridized carbons (Fsp3) is 0.700. The van der Waals surface area contributed by atoms with Gasteiger partial charge in [0.2, 0.25) is 0 Å². The molecule has 0 N–H and O–H groups in total. The Balaban J connectivity index is 3.53. The summed E-state index contributed by atoms with van der Waals surface area (Å²) in [4.78, 5) is 11.0. The van der Waals surface area contributed by atoms with Crippen LogP contribution in [-0.4, -0.2) is 18.9 Å². The normalized spacial score (nSPS) is 11.1. The summed E-state index contributed by atoms with van der Waals surface area (Å²) in [5, 5.41) is 0. The summed E-state index contributed by atoms with van der Waals surface area (Å²) < 4.78 is 12.3. The van der Waals surface area contributed by atoms with E-state index in [0.29, 0.717) is 0 Å². The van der Waals surface area contributed by atoms with Crippen LogP contribution in [0.15, 0.2) is 0 Å². The fourth-order valence-electron chi connectivity index (χ4n) is 0.871. The van der Waals surface area contributed by atoms with Gasteiger partial charge in [-0.3, -0.25) is 0 Å².